The molecule has 0 bridgehead atoms. The smallest absolute Gasteiger partial charge is 0.289 e. The van der Waals surface area contributed by atoms with Crippen LogP contribution in [0.25, 0.3) is 0 Å². The number of nitro groups is 2. The van der Waals surface area contributed by atoms with Crippen LogP contribution in [0, 0.1) is 20.2 Å². The second-order valence-electron chi connectivity index (χ2n) is 3.69. The second kappa shape index (κ2) is 5.89. The summed E-state index contributed by atoms with van der Waals surface area (Å²) in [4.78, 5) is 33.5. The number of amides is 1. The lowest BCUT2D eigenvalue weighted by molar-refractivity contribution is -0.394. The Balaban J connectivity index is 3.31. The molecule has 1 rings (SSSR count). The molecule has 0 saturated carbocycles. The number of hydrogen-bond donors (Lipinski definition) is 0. The molecule has 1 aromatic rings. The zero-order chi connectivity index (χ0) is 14.6. The van der Waals surface area contributed by atoms with Crippen molar-refractivity contribution in [2.75, 3.05) is 13.1 Å². The van der Waals surface area contributed by atoms with Crippen molar-refractivity contribution in [3.8, 4) is 0 Å². The predicted octanol–water partition coefficient (Wildman–Crippen LogP) is 1.98. The standard InChI is InChI=1S/C11H13N3O5/c1-3-12(4-2)11(15)9-6-5-8(13(16)17)7-10(9)14(18)19/h5-7H,3-4H2,1-2H3. The van der Waals surface area contributed by atoms with Gasteiger partial charge in [0.25, 0.3) is 17.3 Å². The quantitative estimate of drug-likeness (QED) is 0.598. The van der Waals surface area contributed by atoms with Gasteiger partial charge in [0.15, 0.2) is 0 Å². The van der Waals surface area contributed by atoms with Crippen molar-refractivity contribution in [2.45, 2.75) is 13.8 Å². The van der Waals surface area contributed by atoms with Crippen molar-refractivity contribution >= 4 is 17.3 Å². The van der Waals surface area contributed by atoms with Crippen LogP contribution in [0.4, 0.5) is 11.4 Å². The molecule has 19 heavy (non-hydrogen) atoms. The van der Waals surface area contributed by atoms with Crippen LogP contribution >= 0.6 is 0 Å². The molecule has 1 amide bonds. The average Bonchev–Trinajstić information content (AvgIpc) is 2.39. The second-order valence-corrected chi connectivity index (χ2v) is 3.69. The fourth-order valence-corrected chi connectivity index (χ4v) is 1.65. The van der Waals surface area contributed by atoms with Crippen LogP contribution in [0.5, 0.6) is 0 Å². The Morgan fingerprint density at radius 3 is 2.16 bits per heavy atom. The molecule has 0 fully saturated rings. The van der Waals surface area contributed by atoms with Gasteiger partial charge in [-0.3, -0.25) is 25.0 Å². The van der Waals surface area contributed by atoms with Gasteiger partial charge in [0.1, 0.15) is 5.56 Å². The fraction of sp³-hybridized carbons (Fsp3) is 0.364. The highest BCUT2D eigenvalue weighted by atomic mass is 16.6. The maximum atomic E-state index is 12.1. The molecule has 0 unspecified atom stereocenters. The van der Waals surface area contributed by atoms with Crippen LogP contribution in [0.3, 0.4) is 0 Å². The van der Waals surface area contributed by atoms with E-state index in [2.05, 4.69) is 0 Å². The number of nitro benzene ring substituents is 2. The molecule has 0 atom stereocenters. The Bertz CT molecular complexity index is 525. The Hall–Kier alpha value is -2.51. The monoisotopic (exact) mass is 267 g/mol. The molecule has 1 aromatic carbocycles. The number of nitrogens with zero attached hydrogens (tertiary/aromatic N) is 3. The summed E-state index contributed by atoms with van der Waals surface area (Å²) in [6.45, 7) is 4.31. The maximum Gasteiger partial charge on any atom is 0.289 e. The van der Waals surface area contributed by atoms with Crippen molar-refractivity contribution in [1.82, 2.24) is 4.90 Å². The van der Waals surface area contributed by atoms with Gasteiger partial charge in [-0.25, -0.2) is 0 Å². The van der Waals surface area contributed by atoms with Gasteiger partial charge in [0.2, 0.25) is 0 Å². The third-order valence-electron chi connectivity index (χ3n) is 2.67. The minimum Gasteiger partial charge on any atom is -0.339 e. The van der Waals surface area contributed by atoms with Crippen LogP contribution in [0.1, 0.15) is 24.2 Å². The summed E-state index contributed by atoms with van der Waals surface area (Å²) in [7, 11) is 0. The van der Waals surface area contributed by atoms with E-state index in [1.807, 2.05) is 0 Å². The zero-order valence-electron chi connectivity index (χ0n) is 10.5. The van der Waals surface area contributed by atoms with Crippen molar-refractivity contribution in [3.05, 3.63) is 44.0 Å². The molecular weight excluding hydrogens is 254 g/mol. The topological polar surface area (TPSA) is 107 Å². The lowest BCUT2D eigenvalue weighted by Crippen LogP contribution is -2.30. The molecule has 0 radical (unpaired) electrons. The molecule has 0 aliphatic heterocycles. The summed E-state index contributed by atoms with van der Waals surface area (Å²) in [6, 6.07) is 3.01. The zero-order valence-corrected chi connectivity index (χ0v) is 10.5. The number of carbonyl (C=O) groups excluding carboxylic acids is 1. The molecule has 0 aliphatic carbocycles. The molecule has 102 valence electrons. The van der Waals surface area contributed by atoms with Gasteiger partial charge < -0.3 is 4.90 Å². The normalized spacial score (nSPS) is 10.0. The summed E-state index contributed by atoms with van der Waals surface area (Å²) < 4.78 is 0. The minimum atomic E-state index is -0.788. The summed E-state index contributed by atoms with van der Waals surface area (Å²) in [5.74, 6) is -0.508. The number of hydrogen-bond acceptors (Lipinski definition) is 5. The molecule has 8 nitrogen and oxygen atoms in total. The van der Waals surface area contributed by atoms with Crippen molar-refractivity contribution in [3.63, 3.8) is 0 Å². The molecule has 0 spiro atoms. The minimum absolute atomic E-state index is 0.140. The maximum absolute atomic E-state index is 12.1. The third kappa shape index (κ3) is 3.03. The number of carbonyl (C=O) groups is 1. The lowest BCUT2D eigenvalue weighted by atomic mass is 10.1. The van der Waals surface area contributed by atoms with Gasteiger partial charge in [0.05, 0.1) is 15.9 Å². The third-order valence-corrected chi connectivity index (χ3v) is 2.67. The van der Waals surface area contributed by atoms with Gasteiger partial charge in [-0.05, 0) is 19.9 Å². The van der Waals surface area contributed by atoms with E-state index in [4.69, 9.17) is 0 Å². The summed E-state index contributed by atoms with van der Waals surface area (Å²) in [5, 5.41) is 21.5. The van der Waals surface area contributed by atoms with Gasteiger partial charge in [-0.15, -0.1) is 0 Å². The van der Waals surface area contributed by atoms with Crippen LogP contribution in [-0.2, 0) is 0 Å². The number of benzene rings is 1. The molecule has 0 N–H and O–H groups in total. The predicted molar refractivity (Wildman–Crippen MR) is 67.0 cm³/mol. The molecule has 0 saturated heterocycles. The van der Waals surface area contributed by atoms with E-state index < -0.39 is 27.1 Å². The van der Waals surface area contributed by atoms with Crippen molar-refractivity contribution in [2.24, 2.45) is 0 Å². The first kappa shape index (κ1) is 14.6. The Morgan fingerprint density at radius 2 is 1.74 bits per heavy atom. The van der Waals surface area contributed by atoms with Crippen LogP contribution in [0.2, 0.25) is 0 Å². The van der Waals surface area contributed by atoms with Crippen LogP contribution in [-0.4, -0.2) is 33.7 Å². The first-order valence-electron chi connectivity index (χ1n) is 5.64. The molecule has 8 heteroatoms. The fourth-order valence-electron chi connectivity index (χ4n) is 1.65. The van der Waals surface area contributed by atoms with E-state index in [1.54, 1.807) is 13.8 Å². The van der Waals surface area contributed by atoms with E-state index in [-0.39, 0.29) is 5.56 Å². The van der Waals surface area contributed by atoms with E-state index in [0.29, 0.717) is 13.1 Å². The molecule has 0 heterocycles. The molecule has 0 aliphatic rings. The largest absolute Gasteiger partial charge is 0.339 e. The Kier molecular flexibility index (Phi) is 4.51. The van der Waals surface area contributed by atoms with Crippen LogP contribution in [0.15, 0.2) is 18.2 Å². The lowest BCUT2D eigenvalue weighted by Gasteiger charge is -2.18. The molecular formula is C11H13N3O5. The Morgan fingerprint density at radius 1 is 1.16 bits per heavy atom. The van der Waals surface area contributed by atoms with E-state index in [9.17, 15) is 25.0 Å². The number of non-ortho nitro benzene ring substituents is 1. The molecule has 0 aromatic heterocycles. The van der Waals surface area contributed by atoms with Gasteiger partial charge in [-0.2, -0.15) is 0 Å². The van der Waals surface area contributed by atoms with Crippen molar-refractivity contribution < 1.29 is 14.6 Å². The van der Waals surface area contributed by atoms with Gasteiger partial charge in [-0.1, -0.05) is 0 Å². The highest BCUT2D eigenvalue weighted by Gasteiger charge is 2.26. The first-order valence-corrected chi connectivity index (χ1v) is 5.64. The first-order chi connectivity index (χ1) is 8.92. The van der Waals surface area contributed by atoms with E-state index >= 15 is 0 Å². The summed E-state index contributed by atoms with van der Waals surface area (Å²) >= 11 is 0. The number of rotatable bonds is 5. The average molecular weight is 267 g/mol. The van der Waals surface area contributed by atoms with Gasteiger partial charge in [0, 0.05) is 19.2 Å². The van der Waals surface area contributed by atoms with Crippen LogP contribution < -0.4 is 0 Å². The summed E-state index contributed by atoms with van der Waals surface area (Å²) in [5.41, 5.74) is -1.10. The van der Waals surface area contributed by atoms with E-state index in [1.165, 1.54) is 4.90 Å². The van der Waals surface area contributed by atoms with Gasteiger partial charge >= 0.3 is 0 Å². The highest BCUT2D eigenvalue weighted by Crippen LogP contribution is 2.25. The Labute approximate surface area is 108 Å². The SMILES string of the molecule is CCN(CC)C(=O)c1ccc([N+](=O)[O-])cc1[N+](=O)[O-]. The summed E-state index contributed by atoms with van der Waals surface area (Å²) in [6.07, 6.45) is 0. The van der Waals surface area contributed by atoms with Crippen molar-refractivity contribution in [1.29, 1.82) is 0 Å². The highest BCUT2D eigenvalue weighted by molar-refractivity contribution is 5.98. The van der Waals surface area contributed by atoms with E-state index in [0.717, 1.165) is 18.2 Å².